The molecule has 0 atom stereocenters. The van der Waals surface area contributed by atoms with Gasteiger partial charge in [0.1, 0.15) is 12.0 Å². The van der Waals surface area contributed by atoms with Crippen molar-refractivity contribution >= 4 is 17.1 Å². The Bertz CT molecular complexity index is 1030. The molecule has 144 valence electrons. The van der Waals surface area contributed by atoms with Gasteiger partial charge in [0.15, 0.2) is 0 Å². The predicted molar refractivity (Wildman–Crippen MR) is 93.1 cm³/mol. The molecule has 3 aromatic rings. The van der Waals surface area contributed by atoms with Crippen LogP contribution in [0.15, 0.2) is 53.9 Å². The minimum absolute atomic E-state index is 0.158. The SMILES string of the molecule is C/C(=N/Nc1ccc(C(F)(F)F)cc1[N+](=O)[O-])c1cccc(-n2cnnn2)c1. The van der Waals surface area contributed by atoms with E-state index in [1.54, 1.807) is 31.2 Å². The van der Waals surface area contributed by atoms with Crippen LogP contribution in [0.2, 0.25) is 0 Å². The lowest BCUT2D eigenvalue weighted by atomic mass is 10.1. The third-order valence-corrected chi connectivity index (χ3v) is 3.74. The van der Waals surface area contributed by atoms with Gasteiger partial charge in [0.2, 0.25) is 0 Å². The van der Waals surface area contributed by atoms with Gasteiger partial charge in [0.05, 0.1) is 21.9 Å². The van der Waals surface area contributed by atoms with Gasteiger partial charge in [-0.3, -0.25) is 15.5 Å². The average molecular weight is 391 g/mol. The molecule has 0 radical (unpaired) electrons. The van der Waals surface area contributed by atoms with Crippen LogP contribution in [0.1, 0.15) is 18.1 Å². The lowest BCUT2D eigenvalue weighted by molar-refractivity contribution is -0.384. The number of nitro groups is 1. The Hall–Kier alpha value is -3.83. The highest BCUT2D eigenvalue weighted by Crippen LogP contribution is 2.35. The largest absolute Gasteiger partial charge is 0.416 e. The summed E-state index contributed by atoms with van der Waals surface area (Å²) in [6.07, 6.45) is -3.27. The Morgan fingerprint density at radius 2 is 2.04 bits per heavy atom. The molecule has 0 spiro atoms. The Morgan fingerprint density at radius 1 is 1.25 bits per heavy atom. The molecule has 0 bridgehead atoms. The van der Waals surface area contributed by atoms with E-state index in [2.05, 4.69) is 26.1 Å². The number of alkyl halides is 3. The molecule has 0 saturated heterocycles. The first-order valence-corrected chi connectivity index (χ1v) is 7.75. The van der Waals surface area contributed by atoms with E-state index in [1.165, 1.54) is 11.0 Å². The highest BCUT2D eigenvalue weighted by Gasteiger charge is 2.33. The number of benzene rings is 2. The van der Waals surface area contributed by atoms with Gasteiger partial charge in [0, 0.05) is 6.07 Å². The van der Waals surface area contributed by atoms with Gasteiger partial charge in [-0.2, -0.15) is 18.3 Å². The van der Waals surface area contributed by atoms with E-state index in [1.807, 2.05) is 0 Å². The maximum atomic E-state index is 12.8. The van der Waals surface area contributed by atoms with Crippen molar-refractivity contribution in [2.45, 2.75) is 13.1 Å². The van der Waals surface area contributed by atoms with Crippen LogP contribution in [0.3, 0.4) is 0 Å². The Labute approximate surface area is 155 Å². The molecule has 0 amide bonds. The molecular weight excluding hydrogens is 379 g/mol. The van der Waals surface area contributed by atoms with Gasteiger partial charge in [-0.1, -0.05) is 12.1 Å². The summed E-state index contributed by atoms with van der Waals surface area (Å²) in [4.78, 5) is 10.2. The summed E-state index contributed by atoms with van der Waals surface area (Å²) in [5.41, 5.74) is 2.23. The van der Waals surface area contributed by atoms with Crippen LogP contribution < -0.4 is 5.43 Å². The van der Waals surface area contributed by atoms with E-state index in [0.717, 1.165) is 12.1 Å². The number of anilines is 1. The number of halogens is 3. The number of tetrazole rings is 1. The molecule has 1 heterocycles. The van der Waals surface area contributed by atoms with E-state index in [-0.39, 0.29) is 5.69 Å². The number of nitrogens with one attached hydrogen (secondary N) is 1. The second kappa shape index (κ2) is 7.42. The second-order valence-electron chi connectivity index (χ2n) is 5.60. The van der Waals surface area contributed by atoms with E-state index < -0.39 is 22.4 Å². The van der Waals surface area contributed by atoms with Crippen molar-refractivity contribution in [3.63, 3.8) is 0 Å². The molecule has 1 aromatic heterocycles. The summed E-state index contributed by atoms with van der Waals surface area (Å²) >= 11 is 0. The number of nitrogens with zero attached hydrogens (tertiary/aromatic N) is 6. The van der Waals surface area contributed by atoms with Gasteiger partial charge in [-0.15, -0.1) is 5.10 Å². The fourth-order valence-electron chi connectivity index (χ4n) is 2.32. The minimum Gasteiger partial charge on any atom is -0.271 e. The first kappa shape index (κ1) is 18.9. The van der Waals surface area contributed by atoms with Crippen molar-refractivity contribution in [2.24, 2.45) is 5.10 Å². The number of nitro benzene ring substituents is 1. The zero-order chi connectivity index (χ0) is 20.3. The fourth-order valence-corrected chi connectivity index (χ4v) is 2.32. The smallest absolute Gasteiger partial charge is 0.271 e. The zero-order valence-corrected chi connectivity index (χ0v) is 14.3. The van der Waals surface area contributed by atoms with Crippen molar-refractivity contribution in [1.29, 1.82) is 0 Å². The number of hydrogen-bond acceptors (Lipinski definition) is 7. The molecule has 2 aromatic carbocycles. The van der Waals surface area contributed by atoms with E-state index in [4.69, 9.17) is 0 Å². The number of hydrogen-bond donors (Lipinski definition) is 1. The Kier molecular flexibility index (Phi) is 5.02. The maximum absolute atomic E-state index is 12.8. The topological polar surface area (TPSA) is 111 Å². The lowest BCUT2D eigenvalue weighted by Crippen LogP contribution is -2.07. The number of hydrazone groups is 1. The molecule has 1 N–H and O–H groups in total. The molecule has 0 saturated carbocycles. The second-order valence-corrected chi connectivity index (χ2v) is 5.60. The highest BCUT2D eigenvalue weighted by atomic mass is 19.4. The molecule has 0 aliphatic heterocycles. The maximum Gasteiger partial charge on any atom is 0.416 e. The molecule has 12 heteroatoms. The van der Waals surface area contributed by atoms with Crippen molar-refractivity contribution in [3.05, 3.63) is 70.0 Å². The fraction of sp³-hybridized carbons (Fsp3) is 0.125. The van der Waals surface area contributed by atoms with E-state index in [9.17, 15) is 23.3 Å². The molecule has 0 fully saturated rings. The normalized spacial score (nSPS) is 12.1. The van der Waals surface area contributed by atoms with Gasteiger partial charge in [-0.25, -0.2) is 4.68 Å². The summed E-state index contributed by atoms with van der Waals surface area (Å²) in [5, 5.41) is 26.0. The summed E-state index contributed by atoms with van der Waals surface area (Å²) in [6.45, 7) is 1.64. The van der Waals surface area contributed by atoms with Crippen LogP contribution in [-0.4, -0.2) is 30.8 Å². The third kappa shape index (κ3) is 4.11. The van der Waals surface area contributed by atoms with Gasteiger partial charge in [0.25, 0.3) is 5.69 Å². The molecule has 3 rings (SSSR count). The first-order valence-electron chi connectivity index (χ1n) is 7.75. The average Bonchev–Trinajstić information content (AvgIpc) is 3.20. The molecule has 28 heavy (non-hydrogen) atoms. The summed E-state index contributed by atoms with van der Waals surface area (Å²) in [5.74, 6) is 0. The predicted octanol–water partition coefficient (Wildman–Crippen LogP) is 3.43. The molecule has 0 aliphatic rings. The summed E-state index contributed by atoms with van der Waals surface area (Å²) in [7, 11) is 0. The molecule has 0 unspecified atom stereocenters. The van der Waals surface area contributed by atoms with Crippen molar-refractivity contribution < 1.29 is 18.1 Å². The van der Waals surface area contributed by atoms with Gasteiger partial charge >= 0.3 is 6.18 Å². The zero-order valence-electron chi connectivity index (χ0n) is 14.3. The number of rotatable bonds is 5. The van der Waals surface area contributed by atoms with Crippen LogP contribution in [0.5, 0.6) is 0 Å². The van der Waals surface area contributed by atoms with Crippen LogP contribution in [0.25, 0.3) is 5.69 Å². The van der Waals surface area contributed by atoms with Crippen molar-refractivity contribution in [1.82, 2.24) is 20.2 Å². The van der Waals surface area contributed by atoms with Crippen molar-refractivity contribution in [2.75, 3.05) is 5.43 Å². The third-order valence-electron chi connectivity index (χ3n) is 3.74. The quantitative estimate of drug-likeness (QED) is 0.405. The minimum atomic E-state index is -4.68. The van der Waals surface area contributed by atoms with Crippen LogP contribution in [0.4, 0.5) is 24.5 Å². The van der Waals surface area contributed by atoms with Crippen LogP contribution in [0, 0.1) is 10.1 Å². The Morgan fingerprint density at radius 3 is 2.68 bits per heavy atom. The monoisotopic (exact) mass is 391 g/mol. The van der Waals surface area contributed by atoms with Crippen LogP contribution in [-0.2, 0) is 6.18 Å². The standard InChI is InChI=1S/C16H12F3N7O2/c1-10(11-3-2-4-13(7-11)25-9-20-23-24-25)21-22-14-6-5-12(16(17,18)19)8-15(14)26(27)28/h2-9,22H,1H3/b21-10-. The molecular formula is C16H12F3N7O2. The summed E-state index contributed by atoms with van der Waals surface area (Å²) < 4.78 is 39.7. The molecule has 0 aliphatic carbocycles. The van der Waals surface area contributed by atoms with Gasteiger partial charge in [-0.05, 0) is 47.2 Å². The summed E-state index contributed by atoms with van der Waals surface area (Å²) in [6, 6.07) is 9.17. The van der Waals surface area contributed by atoms with E-state index >= 15 is 0 Å². The Balaban J connectivity index is 1.87. The van der Waals surface area contributed by atoms with Gasteiger partial charge < -0.3 is 0 Å². The highest BCUT2D eigenvalue weighted by molar-refractivity contribution is 5.99. The van der Waals surface area contributed by atoms with Crippen LogP contribution >= 0.6 is 0 Å². The number of aromatic nitrogens is 4. The first-order chi connectivity index (χ1) is 13.3. The molecule has 9 nitrogen and oxygen atoms in total. The lowest BCUT2D eigenvalue weighted by Gasteiger charge is -2.09. The van der Waals surface area contributed by atoms with E-state index in [0.29, 0.717) is 23.0 Å². The van der Waals surface area contributed by atoms with Crippen molar-refractivity contribution in [3.8, 4) is 5.69 Å².